The lowest BCUT2D eigenvalue weighted by molar-refractivity contribution is -0.144. The van der Waals surface area contributed by atoms with Crippen molar-refractivity contribution in [2.24, 2.45) is 17.8 Å². The maximum absolute atomic E-state index is 12.2. The molecular weight excluding hydrogens is 336 g/mol. The zero-order valence-corrected chi connectivity index (χ0v) is 15.5. The Bertz CT molecular complexity index is 712. The lowest BCUT2D eigenvalue weighted by atomic mass is 9.84. The molecule has 2 atom stereocenters. The van der Waals surface area contributed by atoms with E-state index in [0.717, 1.165) is 11.3 Å². The second-order valence-electron chi connectivity index (χ2n) is 6.71. The minimum absolute atomic E-state index is 0.171. The van der Waals surface area contributed by atoms with Gasteiger partial charge in [0, 0.05) is 17.4 Å². The van der Waals surface area contributed by atoms with Gasteiger partial charge in [0.05, 0.1) is 11.6 Å². The molecular formula is C19H24N2O3S. The van der Waals surface area contributed by atoms with Gasteiger partial charge in [0.15, 0.2) is 5.13 Å². The number of benzene rings is 1. The number of carbonyl (C=O) groups excluding carboxylic acids is 1. The van der Waals surface area contributed by atoms with Gasteiger partial charge in [-0.2, -0.15) is 0 Å². The van der Waals surface area contributed by atoms with Crippen LogP contribution < -0.4 is 5.32 Å². The summed E-state index contributed by atoms with van der Waals surface area (Å²) in [4.78, 5) is 28.1. The average Bonchev–Trinajstić information content (AvgIpc) is 3.01. The Labute approximate surface area is 152 Å². The lowest BCUT2D eigenvalue weighted by Crippen LogP contribution is -2.27. The van der Waals surface area contributed by atoms with Gasteiger partial charge in [-0.1, -0.05) is 51.1 Å². The van der Waals surface area contributed by atoms with Gasteiger partial charge in [0.25, 0.3) is 0 Å². The molecule has 2 rings (SSSR count). The molecule has 0 saturated heterocycles. The monoisotopic (exact) mass is 360 g/mol. The Morgan fingerprint density at radius 3 is 2.48 bits per heavy atom. The lowest BCUT2D eigenvalue weighted by Gasteiger charge is -2.21. The standard InChI is InChI=1S/C19H24N2O3S/c1-12(2)9-15(18(23)24)13(3)10-17(22)21-19-20-16(11-25-19)14-7-5-4-6-8-14/h4-8,11-13,15H,9-10H2,1-3H3,(H,23,24)(H,20,21,22)/t13-,15+/m0/s1. The van der Waals surface area contributed by atoms with Crippen LogP contribution >= 0.6 is 11.3 Å². The minimum atomic E-state index is -0.838. The molecule has 1 aromatic heterocycles. The minimum Gasteiger partial charge on any atom is -0.481 e. The molecule has 1 heterocycles. The molecule has 0 aliphatic rings. The van der Waals surface area contributed by atoms with Crippen LogP contribution in [0, 0.1) is 17.8 Å². The van der Waals surface area contributed by atoms with Crippen molar-refractivity contribution in [1.29, 1.82) is 0 Å². The summed E-state index contributed by atoms with van der Waals surface area (Å²) in [6, 6.07) is 9.75. The van der Waals surface area contributed by atoms with E-state index in [-0.39, 0.29) is 24.2 Å². The molecule has 2 N–H and O–H groups in total. The van der Waals surface area contributed by atoms with E-state index >= 15 is 0 Å². The van der Waals surface area contributed by atoms with Crippen LogP contribution in [0.1, 0.15) is 33.6 Å². The van der Waals surface area contributed by atoms with Crippen LogP contribution in [-0.2, 0) is 9.59 Å². The summed E-state index contributed by atoms with van der Waals surface area (Å²) in [5.74, 6) is -1.50. The molecule has 1 amide bonds. The Morgan fingerprint density at radius 2 is 1.88 bits per heavy atom. The number of carbonyl (C=O) groups is 2. The number of thiazole rings is 1. The SMILES string of the molecule is CC(C)C[C@@H](C(=O)O)[C@@H](C)CC(=O)Nc1nc(-c2ccccc2)cs1. The van der Waals surface area contributed by atoms with E-state index < -0.39 is 11.9 Å². The summed E-state index contributed by atoms with van der Waals surface area (Å²) in [6.07, 6.45) is 0.739. The smallest absolute Gasteiger partial charge is 0.306 e. The zero-order chi connectivity index (χ0) is 18.4. The fourth-order valence-corrected chi connectivity index (χ4v) is 3.50. The van der Waals surface area contributed by atoms with Crippen molar-refractivity contribution in [1.82, 2.24) is 4.98 Å². The fraction of sp³-hybridized carbons (Fsp3) is 0.421. The van der Waals surface area contributed by atoms with Crippen molar-refractivity contribution in [2.45, 2.75) is 33.6 Å². The highest BCUT2D eigenvalue weighted by atomic mass is 32.1. The fourth-order valence-electron chi connectivity index (χ4n) is 2.76. The second-order valence-corrected chi connectivity index (χ2v) is 7.57. The van der Waals surface area contributed by atoms with E-state index in [1.807, 2.05) is 56.5 Å². The number of nitrogens with zero attached hydrogens (tertiary/aromatic N) is 1. The van der Waals surface area contributed by atoms with Gasteiger partial charge in [-0.25, -0.2) is 4.98 Å². The number of hydrogen-bond acceptors (Lipinski definition) is 4. The van der Waals surface area contributed by atoms with E-state index in [1.165, 1.54) is 11.3 Å². The number of hydrogen-bond donors (Lipinski definition) is 2. The summed E-state index contributed by atoms with van der Waals surface area (Å²) in [5, 5.41) is 14.6. The maximum Gasteiger partial charge on any atom is 0.306 e. The summed E-state index contributed by atoms with van der Waals surface area (Å²) < 4.78 is 0. The topological polar surface area (TPSA) is 79.3 Å². The van der Waals surface area contributed by atoms with Gasteiger partial charge in [0.2, 0.25) is 5.91 Å². The molecule has 0 bridgehead atoms. The molecule has 6 heteroatoms. The molecule has 0 aliphatic heterocycles. The van der Waals surface area contributed by atoms with Crippen LogP contribution in [0.3, 0.4) is 0 Å². The number of anilines is 1. The third-order valence-electron chi connectivity index (χ3n) is 4.06. The number of carboxylic acid groups (broad SMARTS) is 1. The number of nitrogens with one attached hydrogen (secondary N) is 1. The third kappa shape index (κ3) is 5.67. The van der Waals surface area contributed by atoms with Crippen molar-refractivity contribution in [3.63, 3.8) is 0 Å². The zero-order valence-electron chi connectivity index (χ0n) is 14.7. The van der Waals surface area contributed by atoms with E-state index in [0.29, 0.717) is 11.6 Å². The first-order valence-electron chi connectivity index (χ1n) is 8.40. The summed E-state index contributed by atoms with van der Waals surface area (Å²) >= 11 is 1.37. The Kier molecular flexibility index (Phi) is 6.70. The first kappa shape index (κ1) is 19.1. The highest BCUT2D eigenvalue weighted by Gasteiger charge is 2.27. The van der Waals surface area contributed by atoms with Crippen LogP contribution in [0.4, 0.5) is 5.13 Å². The molecule has 0 radical (unpaired) electrons. The Hall–Kier alpha value is -2.21. The van der Waals surface area contributed by atoms with Gasteiger partial charge in [-0.3, -0.25) is 9.59 Å². The van der Waals surface area contributed by atoms with Crippen molar-refractivity contribution < 1.29 is 14.7 Å². The predicted octanol–water partition coefficient (Wildman–Crippen LogP) is 4.52. The van der Waals surface area contributed by atoms with Crippen LogP contribution in [0.2, 0.25) is 0 Å². The molecule has 134 valence electrons. The quantitative estimate of drug-likeness (QED) is 0.725. The molecule has 2 aromatic rings. The molecule has 0 unspecified atom stereocenters. The van der Waals surface area contributed by atoms with Crippen molar-refractivity contribution in [2.75, 3.05) is 5.32 Å². The molecule has 5 nitrogen and oxygen atoms in total. The van der Waals surface area contributed by atoms with Crippen molar-refractivity contribution in [3.05, 3.63) is 35.7 Å². The number of carboxylic acids is 1. The molecule has 25 heavy (non-hydrogen) atoms. The van der Waals surface area contributed by atoms with Gasteiger partial charge in [0.1, 0.15) is 0 Å². The van der Waals surface area contributed by atoms with Crippen LogP contribution in [0.25, 0.3) is 11.3 Å². The number of aromatic nitrogens is 1. The maximum atomic E-state index is 12.2. The summed E-state index contributed by atoms with van der Waals surface area (Å²) in [6.45, 7) is 5.80. The second kappa shape index (κ2) is 8.76. The highest BCUT2D eigenvalue weighted by Crippen LogP contribution is 2.26. The van der Waals surface area contributed by atoms with Crippen molar-refractivity contribution >= 4 is 28.3 Å². The Balaban J connectivity index is 1.96. The van der Waals surface area contributed by atoms with Gasteiger partial charge in [-0.05, 0) is 18.3 Å². The Morgan fingerprint density at radius 1 is 1.20 bits per heavy atom. The largest absolute Gasteiger partial charge is 0.481 e. The molecule has 0 spiro atoms. The molecule has 0 aliphatic carbocycles. The van der Waals surface area contributed by atoms with Gasteiger partial charge in [-0.15, -0.1) is 11.3 Å². The van der Waals surface area contributed by atoms with Crippen LogP contribution in [-0.4, -0.2) is 22.0 Å². The normalized spacial score (nSPS) is 13.4. The average molecular weight is 360 g/mol. The molecule has 1 aromatic carbocycles. The predicted molar refractivity (Wildman–Crippen MR) is 101 cm³/mol. The molecule has 0 saturated carbocycles. The van der Waals surface area contributed by atoms with E-state index in [2.05, 4.69) is 10.3 Å². The third-order valence-corrected chi connectivity index (χ3v) is 4.81. The van der Waals surface area contributed by atoms with Crippen LogP contribution in [0.15, 0.2) is 35.7 Å². The number of rotatable bonds is 8. The summed E-state index contributed by atoms with van der Waals surface area (Å²) in [5.41, 5.74) is 1.81. The highest BCUT2D eigenvalue weighted by molar-refractivity contribution is 7.14. The molecule has 0 fully saturated rings. The summed E-state index contributed by atoms with van der Waals surface area (Å²) in [7, 11) is 0. The van der Waals surface area contributed by atoms with E-state index in [1.54, 1.807) is 0 Å². The van der Waals surface area contributed by atoms with Crippen molar-refractivity contribution in [3.8, 4) is 11.3 Å². The number of aliphatic carboxylic acids is 1. The van der Waals surface area contributed by atoms with E-state index in [4.69, 9.17) is 0 Å². The van der Waals surface area contributed by atoms with Crippen LogP contribution in [0.5, 0.6) is 0 Å². The van der Waals surface area contributed by atoms with E-state index in [9.17, 15) is 14.7 Å². The first-order chi connectivity index (χ1) is 11.9. The first-order valence-corrected chi connectivity index (χ1v) is 9.28. The number of amides is 1. The van der Waals surface area contributed by atoms with Gasteiger partial charge >= 0.3 is 5.97 Å². The van der Waals surface area contributed by atoms with Gasteiger partial charge < -0.3 is 10.4 Å².